The third-order valence-electron chi connectivity index (χ3n) is 5.19. The van der Waals surface area contributed by atoms with E-state index in [-0.39, 0.29) is 16.3 Å². The molecule has 3 aromatic rings. The van der Waals surface area contributed by atoms with E-state index in [4.69, 9.17) is 63.3 Å². The van der Waals surface area contributed by atoms with Crippen LogP contribution < -0.4 is 10.6 Å². The van der Waals surface area contributed by atoms with Gasteiger partial charge in [0.15, 0.2) is 0 Å². The summed E-state index contributed by atoms with van der Waals surface area (Å²) in [6, 6.07) is 14.3. The van der Waals surface area contributed by atoms with Gasteiger partial charge >= 0.3 is 0 Å². The smallest absolute Gasteiger partial charge is 0.257 e. The van der Waals surface area contributed by atoms with Gasteiger partial charge < -0.3 is 10.6 Å². The molecule has 1 aliphatic rings. The lowest BCUT2D eigenvalue weighted by Crippen LogP contribution is -2.18. The van der Waals surface area contributed by atoms with Gasteiger partial charge in [0, 0.05) is 21.7 Å². The SMILES string of the molecule is N#Cc1ccc(NC(=O)c2cc(NC(=O)C3C(c4cc(Cl)cc(Cl)c4)C3(Cl)Cl)ccc2Cl)cn1. The number of nitrogens with zero attached hydrogens (tertiary/aromatic N) is 2. The van der Waals surface area contributed by atoms with Crippen molar-refractivity contribution in [3.05, 3.63) is 86.6 Å². The highest BCUT2D eigenvalue weighted by Gasteiger charge is 2.67. The standard InChI is InChI=1S/C23H13Cl5N4O2/c24-12-5-11(6-13(25)7-12)19-20(23(19,27)28)22(34)31-14-3-4-18(26)17(8-14)21(33)32-16-2-1-15(9-29)30-10-16/h1-8,10,19-20H,(H,31,34)(H,32,33). The first-order valence-corrected chi connectivity index (χ1v) is 11.6. The zero-order valence-corrected chi connectivity index (χ0v) is 20.7. The van der Waals surface area contributed by atoms with E-state index in [1.807, 2.05) is 6.07 Å². The molecule has 1 saturated carbocycles. The molecule has 34 heavy (non-hydrogen) atoms. The van der Waals surface area contributed by atoms with Crippen molar-refractivity contribution in [2.45, 2.75) is 10.3 Å². The minimum atomic E-state index is -1.34. The fourth-order valence-electron chi connectivity index (χ4n) is 3.55. The summed E-state index contributed by atoms with van der Waals surface area (Å²) < 4.78 is -1.34. The summed E-state index contributed by atoms with van der Waals surface area (Å²) in [6.45, 7) is 0. The van der Waals surface area contributed by atoms with Crippen LogP contribution in [0.2, 0.25) is 15.1 Å². The second-order valence-electron chi connectivity index (χ2n) is 7.51. The molecule has 4 rings (SSSR count). The van der Waals surface area contributed by atoms with Crippen molar-refractivity contribution in [3.63, 3.8) is 0 Å². The number of pyridine rings is 1. The van der Waals surface area contributed by atoms with Gasteiger partial charge in [0.25, 0.3) is 5.91 Å². The number of aromatic nitrogens is 1. The highest BCUT2D eigenvalue weighted by Crippen LogP contribution is 2.65. The predicted molar refractivity (Wildman–Crippen MR) is 134 cm³/mol. The topological polar surface area (TPSA) is 94.9 Å². The lowest BCUT2D eigenvalue weighted by molar-refractivity contribution is -0.117. The Kier molecular flexibility index (Phi) is 6.95. The van der Waals surface area contributed by atoms with Gasteiger partial charge in [-0.05, 0) is 54.1 Å². The lowest BCUT2D eigenvalue weighted by atomic mass is 10.1. The molecule has 0 spiro atoms. The van der Waals surface area contributed by atoms with E-state index < -0.39 is 28.0 Å². The molecule has 0 bridgehead atoms. The van der Waals surface area contributed by atoms with Gasteiger partial charge in [-0.1, -0.05) is 34.8 Å². The maximum atomic E-state index is 12.9. The summed E-state index contributed by atoms with van der Waals surface area (Å²) in [4.78, 5) is 29.6. The minimum Gasteiger partial charge on any atom is -0.326 e. The Labute approximate surface area is 219 Å². The number of benzene rings is 2. The van der Waals surface area contributed by atoms with Crippen LogP contribution in [0.5, 0.6) is 0 Å². The lowest BCUT2D eigenvalue weighted by Gasteiger charge is -2.10. The summed E-state index contributed by atoms with van der Waals surface area (Å²) >= 11 is 31.1. The molecule has 2 unspecified atom stereocenters. The summed E-state index contributed by atoms with van der Waals surface area (Å²) in [5.41, 5.74) is 1.70. The van der Waals surface area contributed by atoms with Crippen molar-refractivity contribution in [1.29, 1.82) is 5.26 Å². The molecule has 1 heterocycles. The molecule has 0 radical (unpaired) electrons. The quantitative estimate of drug-likeness (QED) is 0.344. The Balaban J connectivity index is 1.50. The van der Waals surface area contributed by atoms with Crippen LogP contribution in [-0.4, -0.2) is 21.1 Å². The first-order chi connectivity index (χ1) is 16.1. The summed E-state index contributed by atoms with van der Waals surface area (Å²) in [7, 11) is 0. The van der Waals surface area contributed by atoms with Gasteiger partial charge in [-0.25, -0.2) is 4.98 Å². The molecule has 172 valence electrons. The third kappa shape index (κ3) is 5.10. The van der Waals surface area contributed by atoms with Crippen LogP contribution in [0.25, 0.3) is 0 Å². The summed E-state index contributed by atoms with van der Waals surface area (Å²) in [5, 5.41) is 15.2. The predicted octanol–water partition coefficient (Wildman–Crippen LogP) is 6.69. The van der Waals surface area contributed by atoms with Crippen molar-refractivity contribution < 1.29 is 9.59 Å². The highest BCUT2D eigenvalue weighted by molar-refractivity contribution is 6.53. The number of nitrogens with one attached hydrogen (secondary N) is 2. The van der Waals surface area contributed by atoms with Crippen LogP contribution in [0.4, 0.5) is 11.4 Å². The number of halogens is 5. The summed E-state index contributed by atoms with van der Waals surface area (Å²) in [6.07, 6.45) is 1.35. The van der Waals surface area contributed by atoms with Crippen molar-refractivity contribution >= 4 is 81.2 Å². The van der Waals surface area contributed by atoms with E-state index in [1.165, 1.54) is 24.4 Å². The summed E-state index contributed by atoms with van der Waals surface area (Å²) in [5.74, 6) is -2.22. The van der Waals surface area contributed by atoms with E-state index in [9.17, 15) is 9.59 Å². The second-order valence-corrected chi connectivity index (χ2v) is 10.2. The van der Waals surface area contributed by atoms with Crippen LogP contribution in [0.15, 0.2) is 54.7 Å². The molecular weight excluding hydrogens is 542 g/mol. The van der Waals surface area contributed by atoms with Gasteiger partial charge in [0.05, 0.1) is 28.4 Å². The molecule has 1 aromatic heterocycles. The molecule has 6 nitrogen and oxygen atoms in total. The Hall–Kier alpha value is -2.53. The number of rotatable bonds is 5. The highest BCUT2D eigenvalue weighted by atomic mass is 35.5. The van der Waals surface area contributed by atoms with Crippen molar-refractivity contribution in [2.75, 3.05) is 10.6 Å². The van der Waals surface area contributed by atoms with E-state index in [1.54, 1.807) is 30.3 Å². The van der Waals surface area contributed by atoms with Crippen LogP contribution in [0.3, 0.4) is 0 Å². The van der Waals surface area contributed by atoms with Crippen LogP contribution in [0.1, 0.15) is 27.5 Å². The van der Waals surface area contributed by atoms with Crippen molar-refractivity contribution in [3.8, 4) is 6.07 Å². The fourth-order valence-corrected chi connectivity index (χ4v) is 5.13. The van der Waals surface area contributed by atoms with Gasteiger partial charge in [-0.2, -0.15) is 5.26 Å². The number of anilines is 2. The number of carbonyl (C=O) groups excluding carboxylic acids is 2. The van der Waals surface area contributed by atoms with E-state index in [2.05, 4.69) is 15.6 Å². The average molecular weight is 555 g/mol. The zero-order chi connectivity index (χ0) is 24.6. The Morgan fingerprint density at radius 2 is 1.62 bits per heavy atom. The fraction of sp³-hybridized carbons (Fsp3) is 0.130. The van der Waals surface area contributed by atoms with Crippen molar-refractivity contribution in [1.82, 2.24) is 4.98 Å². The monoisotopic (exact) mass is 552 g/mol. The van der Waals surface area contributed by atoms with E-state index in [0.29, 0.717) is 27.0 Å². The van der Waals surface area contributed by atoms with E-state index in [0.717, 1.165) is 0 Å². The minimum absolute atomic E-state index is 0.126. The number of alkyl halides is 2. The largest absolute Gasteiger partial charge is 0.326 e. The maximum Gasteiger partial charge on any atom is 0.257 e. The maximum absolute atomic E-state index is 12.9. The molecule has 1 aliphatic carbocycles. The molecular formula is C23H13Cl5N4O2. The Bertz CT molecular complexity index is 1320. The van der Waals surface area contributed by atoms with Gasteiger partial charge in [-0.3, -0.25) is 9.59 Å². The van der Waals surface area contributed by atoms with Gasteiger partial charge in [0.2, 0.25) is 5.91 Å². The Morgan fingerprint density at radius 3 is 2.24 bits per heavy atom. The van der Waals surface area contributed by atoms with Crippen LogP contribution in [0, 0.1) is 17.2 Å². The van der Waals surface area contributed by atoms with Gasteiger partial charge in [0.1, 0.15) is 16.1 Å². The van der Waals surface area contributed by atoms with Crippen LogP contribution >= 0.6 is 58.0 Å². The molecule has 0 saturated heterocycles. The number of hydrogen-bond acceptors (Lipinski definition) is 4. The first-order valence-electron chi connectivity index (χ1n) is 9.72. The number of carbonyl (C=O) groups is 2. The van der Waals surface area contributed by atoms with E-state index >= 15 is 0 Å². The van der Waals surface area contributed by atoms with Crippen molar-refractivity contribution in [2.24, 2.45) is 5.92 Å². The molecule has 2 N–H and O–H groups in total. The second kappa shape index (κ2) is 9.61. The Morgan fingerprint density at radius 1 is 0.941 bits per heavy atom. The number of nitriles is 1. The van der Waals surface area contributed by atoms with Crippen LogP contribution in [-0.2, 0) is 4.79 Å². The molecule has 1 fully saturated rings. The third-order valence-corrected chi connectivity index (χ3v) is 6.90. The normalized spacial score (nSPS) is 18.0. The first kappa shape index (κ1) is 24.6. The number of hydrogen-bond donors (Lipinski definition) is 2. The average Bonchev–Trinajstić information content (AvgIpc) is 3.37. The number of amides is 2. The van der Waals surface area contributed by atoms with Gasteiger partial charge in [-0.15, -0.1) is 23.2 Å². The molecule has 0 aliphatic heterocycles. The molecule has 2 atom stereocenters. The molecule has 2 amide bonds. The molecule has 2 aromatic carbocycles. The molecule has 11 heteroatoms. The zero-order valence-electron chi connectivity index (χ0n) is 17.0.